The Morgan fingerprint density at radius 2 is 1.86 bits per heavy atom. The number of rotatable bonds is 4. The molecule has 2 fully saturated rings. The number of benzene rings is 1. The van der Waals surface area contributed by atoms with Crippen molar-refractivity contribution in [2.24, 2.45) is 0 Å². The second kappa shape index (κ2) is 8.76. The summed E-state index contributed by atoms with van der Waals surface area (Å²) in [7, 11) is 0. The van der Waals surface area contributed by atoms with E-state index in [0.717, 1.165) is 18.9 Å². The summed E-state index contributed by atoms with van der Waals surface area (Å²) in [6.07, 6.45) is -3.65. The molecule has 0 aliphatic carbocycles. The third kappa shape index (κ3) is 5.66. The van der Waals surface area contributed by atoms with Gasteiger partial charge in [0.2, 0.25) is 0 Å². The van der Waals surface area contributed by atoms with Gasteiger partial charge < -0.3 is 29.7 Å². The van der Waals surface area contributed by atoms with E-state index >= 15 is 0 Å². The fourth-order valence-corrected chi connectivity index (χ4v) is 3.19. The molecule has 0 radical (unpaired) electrons. The second-order valence-corrected chi connectivity index (χ2v) is 6.79. The normalized spacial score (nSPS) is 19.9. The number of carbonyl (C=O) groups excluding carboxylic acids is 2. The molecule has 2 N–H and O–H groups in total. The van der Waals surface area contributed by atoms with Gasteiger partial charge in [0, 0.05) is 38.3 Å². The molecule has 11 heteroatoms. The molecule has 2 aliphatic heterocycles. The molecule has 0 bridgehead atoms. The third-order valence-electron chi connectivity index (χ3n) is 4.73. The van der Waals surface area contributed by atoms with Gasteiger partial charge in [-0.2, -0.15) is 0 Å². The van der Waals surface area contributed by atoms with E-state index in [-0.39, 0.29) is 50.1 Å². The zero-order valence-corrected chi connectivity index (χ0v) is 15.6. The smallest absolute Gasteiger partial charge is 0.447 e. The summed E-state index contributed by atoms with van der Waals surface area (Å²) in [5, 5.41) is 0. The average Bonchev–Trinajstić information content (AvgIpc) is 3.20. The molecule has 2 heterocycles. The highest BCUT2D eigenvalue weighted by molar-refractivity contribution is 5.95. The number of hydrogen-bond donors (Lipinski definition) is 1. The van der Waals surface area contributed by atoms with Crippen LogP contribution in [0.1, 0.15) is 23.2 Å². The fourth-order valence-electron chi connectivity index (χ4n) is 3.19. The van der Waals surface area contributed by atoms with E-state index in [2.05, 4.69) is 4.74 Å². The Kier molecular flexibility index (Phi) is 6.36. The van der Waals surface area contributed by atoms with Crippen molar-refractivity contribution in [1.29, 1.82) is 0 Å². The zero-order chi connectivity index (χ0) is 21.0. The van der Waals surface area contributed by atoms with E-state index in [4.69, 9.17) is 15.2 Å². The maximum atomic E-state index is 12.6. The van der Waals surface area contributed by atoms with Gasteiger partial charge in [-0.1, -0.05) is 0 Å². The summed E-state index contributed by atoms with van der Waals surface area (Å²) in [4.78, 5) is 27.7. The van der Waals surface area contributed by atoms with Gasteiger partial charge in [-0.15, -0.1) is 13.2 Å². The summed E-state index contributed by atoms with van der Waals surface area (Å²) >= 11 is 0. The number of halogens is 3. The zero-order valence-electron chi connectivity index (χ0n) is 15.6. The standard InChI is InChI=1S/C18H22F3N3O5/c19-18(20,21)29-15-10-12(3-4-14(15)22)16(25)23-5-7-24(8-6-23)17(26)28-11-13-2-1-9-27-13/h3-4,10,13H,1-2,5-9,11,22H2. The van der Waals surface area contributed by atoms with E-state index in [9.17, 15) is 22.8 Å². The van der Waals surface area contributed by atoms with Crippen LogP contribution in [0.25, 0.3) is 0 Å². The van der Waals surface area contributed by atoms with Gasteiger partial charge >= 0.3 is 12.5 Å². The highest BCUT2D eigenvalue weighted by Gasteiger charge is 2.33. The number of nitrogens with two attached hydrogens (primary N) is 1. The van der Waals surface area contributed by atoms with Gasteiger partial charge in [0.25, 0.3) is 5.91 Å². The highest BCUT2D eigenvalue weighted by Crippen LogP contribution is 2.29. The summed E-state index contributed by atoms with van der Waals surface area (Å²) in [6, 6.07) is 3.49. The van der Waals surface area contributed by atoms with Crippen LogP contribution in [0.15, 0.2) is 18.2 Å². The Labute approximate surface area is 165 Å². The lowest BCUT2D eigenvalue weighted by Gasteiger charge is -2.34. The molecule has 2 aliphatic rings. The molecule has 8 nitrogen and oxygen atoms in total. The fraction of sp³-hybridized carbons (Fsp3) is 0.556. The van der Waals surface area contributed by atoms with E-state index in [1.165, 1.54) is 21.9 Å². The first-order valence-electron chi connectivity index (χ1n) is 9.21. The van der Waals surface area contributed by atoms with Crippen molar-refractivity contribution in [2.45, 2.75) is 25.3 Å². The Morgan fingerprint density at radius 1 is 1.17 bits per heavy atom. The molecule has 3 rings (SSSR count). The first kappa shape index (κ1) is 21.0. The van der Waals surface area contributed by atoms with Crippen LogP contribution in [0.4, 0.5) is 23.7 Å². The summed E-state index contributed by atoms with van der Waals surface area (Å²) in [5.41, 5.74) is 5.28. The molecule has 2 amide bonds. The van der Waals surface area contributed by atoms with Crippen molar-refractivity contribution in [3.05, 3.63) is 23.8 Å². The molecule has 29 heavy (non-hydrogen) atoms. The number of nitrogen functional groups attached to an aromatic ring is 1. The molecule has 0 spiro atoms. The number of nitrogens with zero attached hydrogens (tertiary/aromatic N) is 2. The molecular formula is C18H22F3N3O5. The van der Waals surface area contributed by atoms with Crippen LogP contribution in [-0.2, 0) is 9.47 Å². The van der Waals surface area contributed by atoms with E-state index in [1.54, 1.807) is 0 Å². The molecule has 1 aromatic carbocycles. The number of hydrogen-bond acceptors (Lipinski definition) is 6. The number of carbonyl (C=O) groups is 2. The molecule has 1 unspecified atom stereocenters. The quantitative estimate of drug-likeness (QED) is 0.756. The van der Waals surface area contributed by atoms with Crippen molar-refractivity contribution in [3.63, 3.8) is 0 Å². The van der Waals surface area contributed by atoms with Gasteiger partial charge in [-0.3, -0.25) is 4.79 Å². The molecule has 0 saturated carbocycles. The van der Waals surface area contributed by atoms with Gasteiger partial charge in [-0.05, 0) is 31.0 Å². The third-order valence-corrected chi connectivity index (χ3v) is 4.73. The van der Waals surface area contributed by atoms with E-state index in [1.807, 2.05) is 0 Å². The molecule has 1 aromatic rings. The SMILES string of the molecule is Nc1ccc(C(=O)N2CCN(C(=O)OCC3CCCO3)CC2)cc1OC(F)(F)F. The summed E-state index contributed by atoms with van der Waals surface area (Å²) in [6.45, 7) is 1.85. The van der Waals surface area contributed by atoms with Crippen LogP contribution in [0.5, 0.6) is 5.75 Å². The number of ether oxygens (including phenoxy) is 3. The molecule has 0 aromatic heterocycles. The number of alkyl halides is 3. The van der Waals surface area contributed by atoms with Crippen LogP contribution in [0.3, 0.4) is 0 Å². The largest absolute Gasteiger partial charge is 0.573 e. The van der Waals surface area contributed by atoms with Crippen molar-refractivity contribution in [3.8, 4) is 5.75 Å². The predicted octanol–water partition coefficient (Wildman–Crippen LogP) is 2.24. The molecular weight excluding hydrogens is 395 g/mol. The van der Waals surface area contributed by atoms with Crippen molar-refractivity contribution in [2.75, 3.05) is 45.1 Å². The summed E-state index contributed by atoms with van der Waals surface area (Å²) < 4.78 is 51.9. The molecule has 160 valence electrons. The molecule has 2 saturated heterocycles. The summed E-state index contributed by atoms with van der Waals surface area (Å²) in [5.74, 6) is -1.09. The van der Waals surface area contributed by atoms with Gasteiger partial charge in [0.15, 0.2) is 5.75 Å². The monoisotopic (exact) mass is 417 g/mol. The van der Waals surface area contributed by atoms with Crippen LogP contribution in [-0.4, -0.2) is 73.7 Å². The first-order chi connectivity index (χ1) is 13.7. The second-order valence-electron chi connectivity index (χ2n) is 6.79. The minimum absolute atomic E-state index is 0.0212. The topological polar surface area (TPSA) is 94.3 Å². The van der Waals surface area contributed by atoms with Crippen LogP contribution >= 0.6 is 0 Å². The van der Waals surface area contributed by atoms with Crippen LogP contribution in [0.2, 0.25) is 0 Å². The predicted molar refractivity (Wildman–Crippen MR) is 95.3 cm³/mol. The van der Waals surface area contributed by atoms with Gasteiger partial charge in [0.1, 0.15) is 6.61 Å². The number of anilines is 1. The highest BCUT2D eigenvalue weighted by atomic mass is 19.4. The lowest BCUT2D eigenvalue weighted by Crippen LogP contribution is -2.51. The first-order valence-corrected chi connectivity index (χ1v) is 9.21. The van der Waals surface area contributed by atoms with Gasteiger partial charge in [0.05, 0.1) is 11.8 Å². The Balaban J connectivity index is 1.53. The van der Waals surface area contributed by atoms with E-state index in [0.29, 0.717) is 6.61 Å². The molecule has 1 atom stereocenters. The maximum absolute atomic E-state index is 12.6. The Hall–Kier alpha value is -2.69. The Morgan fingerprint density at radius 3 is 2.48 bits per heavy atom. The number of piperazine rings is 1. The van der Waals surface area contributed by atoms with Crippen molar-refractivity contribution >= 4 is 17.7 Å². The minimum atomic E-state index is -4.91. The van der Waals surface area contributed by atoms with Gasteiger partial charge in [-0.25, -0.2) is 4.79 Å². The van der Waals surface area contributed by atoms with Crippen molar-refractivity contribution < 1.29 is 37.0 Å². The average molecular weight is 417 g/mol. The van der Waals surface area contributed by atoms with E-state index < -0.39 is 24.1 Å². The minimum Gasteiger partial charge on any atom is -0.447 e. The maximum Gasteiger partial charge on any atom is 0.573 e. The van der Waals surface area contributed by atoms with Crippen molar-refractivity contribution in [1.82, 2.24) is 9.80 Å². The lowest BCUT2D eigenvalue weighted by molar-refractivity contribution is -0.274. The number of amides is 2. The lowest BCUT2D eigenvalue weighted by atomic mass is 10.1. The Bertz CT molecular complexity index is 745. The van der Waals surface area contributed by atoms with Crippen LogP contribution in [0, 0.1) is 0 Å². The van der Waals surface area contributed by atoms with Crippen LogP contribution < -0.4 is 10.5 Å².